The van der Waals surface area contributed by atoms with Gasteiger partial charge in [0.05, 0.1) is 4.92 Å². The zero-order valence-corrected chi connectivity index (χ0v) is 15.3. The first kappa shape index (κ1) is 18.2. The molecule has 0 saturated carbocycles. The molecule has 1 aromatic carbocycles. The predicted octanol–water partition coefficient (Wildman–Crippen LogP) is 0.725. The molecular formula is C18H14N6O5. The number of hydrogen-bond acceptors (Lipinski definition) is 8. The Morgan fingerprint density at radius 1 is 1.45 bits per heavy atom. The second-order valence-electron chi connectivity index (χ2n) is 6.54. The van der Waals surface area contributed by atoms with Gasteiger partial charge in [-0.2, -0.15) is 10.2 Å². The van der Waals surface area contributed by atoms with Crippen molar-refractivity contribution >= 4 is 17.3 Å². The van der Waals surface area contributed by atoms with Gasteiger partial charge in [-0.25, -0.2) is 0 Å². The van der Waals surface area contributed by atoms with Gasteiger partial charge < -0.3 is 20.4 Å². The van der Waals surface area contributed by atoms with Gasteiger partial charge in [0, 0.05) is 29.9 Å². The minimum atomic E-state index is -1.99. The summed E-state index contributed by atoms with van der Waals surface area (Å²) < 4.78 is 5.39. The van der Waals surface area contributed by atoms with Gasteiger partial charge >= 0.3 is 0 Å². The number of fused-ring (bicyclic) bond motifs is 4. The lowest BCUT2D eigenvalue weighted by Crippen LogP contribution is -2.49. The number of ether oxygens (including phenoxy) is 1. The molecule has 1 atom stereocenters. The number of nitrogens with one attached hydrogen (secondary N) is 1. The number of nitriles is 1. The highest BCUT2D eigenvalue weighted by atomic mass is 16.6. The first-order valence-electron chi connectivity index (χ1n) is 8.57. The monoisotopic (exact) mass is 394 g/mol. The number of nitrogens with two attached hydrogens (primary N) is 1. The number of aromatic amines is 1. The Morgan fingerprint density at radius 2 is 2.17 bits per heavy atom. The van der Waals surface area contributed by atoms with Gasteiger partial charge in [-0.15, -0.1) is 0 Å². The Balaban J connectivity index is 2.23. The van der Waals surface area contributed by atoms with Crippen molar-refractivity contribution < 1.29 is 14.5 Å². The lowest BCUT2D eigenvalue weighted by Gasteiger charge is -2.32. The normalized spacial score (nSPS) is 19.6. The molecule has 29 heavy (non-hydrogen) atoms. The molecule has 0 saturated heterocycles. The molecule has 3 N–H and O–H groups in total. The van der Waals surface area contributed by atoms with Crippen molar-refractivity contribution in [3.8, 4) is 11.9 Å². The molecule has 3 heterocycles. The molecule has 1 aromatic heterocycles. The van der Waals surface area contributed by atoms with E-state index in [1.165, 1.54) is 30.0 Å². The third-order valence-electron chi connectivity index (χ3n) is 5.09. The predicted molar refractivity (Wildman–Crippen MR) is 99.0 cm³/mol. The zero-order valence-electron chi connectivity index (χ0n) is 15.3. The number of amides is 1. The molecule has 0 bridgehead atoms. The molecule has 1 spiro atoms. The van der Waals surface area contributed by atoms with Crippen LogP contribution < -0.4 is 20.9 Å². The van der Waals surface area contributed by atoms with E-state index in [0.717, 1.165) is 0 Å². The first-order chi connectivity index (χ1) is 13.8. The number of non-ortho nitro benzene ring substituents is 1. The average Bonchev–Trinajstić information content (AvgIpc) is 2.89. The van der Waals surface area contributed by atoms with Crippen molar-refractivity contribution in [3.63, 3.8) is 0 Å². The van der Waals surface area contributed by atoms with Crippen molar-refractivity contribution in [2.75, 3.05) is 11.4 Å². The van der Waals surface area contributed by atoms with Crippen molar-refractivity contribution in [2.24, 2.45) is 5.73 Å². The molecule has 2 aromatic rings. The standard InChI is InChI=1S/C18H14N6O5/c1-3-23-12-5-4-9(24(27)28)6-10(12)18(17(23)26)11(7-19)14(20)29-16-13(18)15(25)21-8(2)22-16/h4-6H,3,20H2,1-2H3,(H,21,22,25). The van der Waals surface area contributed by atoms with E-state index in [1.807, 2.05) is 6.07 Å². The highest BCUT2D eigenvalue weighted by molar-refractivity contribution is 6.14. The van der Waals surface area contributed by atoms with Crippen LogP contribution in [0.4, 0.5) is 11.4 Å². The summed E-state index contributed by atoms with van der Waals surface area (Å²) in [6, 6.07) is 5.72. The number of carbonyl (C=O) groups is 1. The van der Waals surface area contributed by atoms with Gasteiger partial charge in [0.1, 0.15) is 23.0 Å². The lowest BCUT2D eigenvalue weighted by atomic mass is 9.69. The topological polar surface area (TPSA) is 168 Å². The summed E-state index contributed by atoms with van der Waals surface area (Å²) in [6.07, 6.45) is 0. The highest BCUT2D eigenvalue weighted by Crippen LogP contribution is 2.54. The van der Waals surface area contributed by atoms with Crippen LogP contribution in [0.25, 0.3) is 0 Å². The van der Waals surface area contributed by atoms with Crippen LogP contribution >= 0.6 is 0 Å². The van der Waals surface area contributed by atoms with Crippen LogP contribution in [0.3, 0.4) is 0 Å². The van der Waals surface area contributed by atoms with E-state index < -0.39 is 21.8 Å². The Morgan fingerprint density at radius 3 is 2.79 bits per heavy atom. The maximum absolute atomic E-state index is 13.6. The summed E-state index contributed by atoms with van der Waals surface area (Å²) in [5.74, 6) is -1.02. The molecule has 1 amide bonds. The number of rotatable bonds is 2. The molecule has 2 aliphatic heterocycles. The fraction of sp³-hybridized carbons (Fsp3) is 0.222. The molecular weight excluding hydrogens is 380 g/mol. The van der Waals surface area contributed by atoms with E-state index >= 15 is 0 Å². The number of carbonyl (C=O) groups excluding carboxylic acids is 1. The van der Waals surface area contributed by atoms with Crippen LogP contribution in [0.2, 0.25) is 0 Å². The lowest BCUT2D eigenvalue weighted by molar-refractivity contribution is -0.384. The van der Waals surface area contributed by atoms with Crippen LogP contribution in [-0.2, 0) is 10.2 Å². The van der Waals surface area contributed by atoms with Crippen LogP contribution in [-0.4, -0.2) is 27.3 Å². The largest absolute Gasteiger partial charge is 0.422 e. The van der Waals surface area contributed by atoms with Crippen molar-refractivity contribution in [1.29, 1.82) is 5.26 Å². The van der Waals surface area contributed by atoms with Gasteiger partial charge in [0.2, 0.25) is 17.7 Å². The number of nitrogens with zero attached hydrogens (tertiary/aromatic N) is 4. The van der Waals surface area contributed by atoms with E-state index in [-0.39, 0.29) is 46.5 Å². The molecule has 146 valence electrons. The number of nitro groups is 1. The van der Waals surface area contributed by atoms with E-state index in [9.17, 15) is 25.0 Å². The summed E-state index contributed by atoms with van der Waals surface area (Å²) in [4.78, 5) is 45.3. The van der Waals surface area contributed by atoms with Gasteiger partial charge in [0.15, 0.2) is 5.41 Å². The Bertz CT molecular complexity index is 1240. The molecule has 11 heteroatoms. The van der Waals surface area contributed by atoms with E-state index in [2.05, 4.69) is 9.97 Å². The average molecular weight is 394 g/mol. The number of aryl methyl sites for hydroxylation is 1. The summed E-state index contributed by atoms with van der Waals surface area (Å²) in [6.45, 7) is 3.43. The third kappa shape index (κ3) is 2.13. The number of likely N-dealkylation sites (N-methyl/N-ethyl adjacent to an activating group) is 1. The summed E-state index contributed by atoms with van der Waals surface area (Å²) in [5, 5.41) is 21.2. The number of benzene rings is 1. The summed E-state index contributed by atoms with van der Waals surface area (Å²) in [5.41, 5.74) is 2.87. The number of hydrogen-bond donors (Lipinski definition) is 2. The van der Waals surface area contributed by atoms with E-state index in [1.54, 1.807) is 6.92 Å². The van der Waals surface area contributed by atoms with E-state index in [0.29, 0.717) is 5.69 Å². The smallest absolute Gasteiger partial charge is 0.269 e. The molecule has 2 aliphatic rings. The number of nitro benzene ring substituents is 1. The molecule has 11 nitrogen and oxygen atoms in total. The summed E-state index contributed by atoms with van der Waals surface area (Å²) >= 11 is 0. The minimum absolute atomic E-state index is 0.110. The molecule has 1 unspecified atom stereocenters. The fourth-order valence-electron chi connectivity index (χ4n) is 3.97. The van der Waals surface area contributed by atoms with Crippen LogP contribution in [0.15, 0.2) is 34.4 Å². The van der Waals surface area contributed by atoms with Gasteiger partial charge in [0.25, 0.3) is 11.2 Å². The first-order valence-corrected chi connectivity index (χ1v) is 8.57. The van der Waals surface area contributed by atoms with Gasteiger partial charge in [-0.05, 0) is 19.9 Å². The van der Waals surface area contributed by atoms with Crippen LogP contribution in [0, 0.1) is 28.4 Å². The second-order valence-corrected chi connectivity index (χ2v) is 6.54. The molecule has 4 rings (SSSR count). The van der Waals surface area contributed by atoms with Gasteiger partial charge in [-0.3, -0.25) is 19.7 Å². The number of H-pyrrole nitrogens is 1. The molecule has 0 aliphatic carbocycles. The van der Waals surface area contributed by atoms with Crippen LogP contribution in [0.1, 0.15) is 23.9 Å². The minimum Gasteiger partial charge on any atom is -0.422 e. The van der Waals surface area contributed by atoms with Crippen molar-refractivity contribution in [2.45, 2.75) is 19.3 Å². The molecule has 0 radical (unpaired) electrons. The van der Waals surface area contributed by atoms with Gasteiger partial charge in [-0.1, -0.05) is 0 Å². The van der Waals surface area contributed by atoms with Crippen LogP contribution in [0.5, 0.6) is 5.88 Å². The zero-order chi connectivity index (χ0) is 21.1. The quantitative estimate of drug-likeness (QED) is 0.555. The molecule has 0 fully saturated rings. The van der Waals surface area contributed by atoms with Crippen molar-refractivity contribution in [1.82, 2.24) is 9.97 Å². The Kier molecular flexibility index (Phi) is 3.70. The highest BCUT2D eigenvalue weighted by Gasteiger charge is 2.61. The maximum atomic E-state index is 13.6. The third-order valence-corrected chi connectivity index (χ3v) is 5.09. The second kappa shape index (κ2) is 5.90. The Hall–Kier alpha value is -4.20. The fourth-order valence-corrected chi connectivity index (χ4v) is 3.97. The Labute approximate surface area is 163 Å². The number of aromatic nitrogens is 2. The van der Waals surface area contributed by atoms with E-state index in [4.69, 9.17) is 10.5 Å². The SMILES string of the molecule is CCN1C(=O)C2(C(C#N)=C(N)Oc3nc(C)[nH]c(=O)c32)c2cc([N+](=O)[O-])ccc21. The van der Waals surface area contributed by atoms with Crippen molar-refractivity contribution in [3.05, 3.63) is 67.1 Å². The maximum Gasteiger partial charge on any atom is 0.269 e. The summed E-state index contributed by atoms with van der Waals surface area (Å²) in [7, 11) is 0. The number of anilines is 1.